The number of carbonyl (C=O) groups excluding carboxylic acids is 2. The van der Waals surface area contributed by atoms with Gasteiger partial charge >= 0.3 is 11.7 Å². The number of esters is 1. The summed E-state index contributed by atoms with van der Waals surface area (Å²) >= 11 is 0. The van der Waals surface area contributed by atoms with Crippen molar-refractivity contribution in [2.75, 3.05) is 11.9 Å². The van der Waals surface area contributed by atoms with Gasteiger partial charge in [0.05, 0.1) is 11.2 Å². The van der Waals surface area contributed by atoms with Crippen molar-refractivity contribution < 1.29 is 18.7 Å². The van der Waals surface area contributed by atoms with Crippen molar-refractivity contribution in [1.82, 2.24) is 14.3 Å². The lowest BCUT2D eigenvalue weighted by Crippen LogP contribution is -2.29. The van der Waals surface area contributed by atoms with Crippen molar-refractivity contribution in [3.05, 3.63) is 46.6 Å². The minimum atomic E-state index is -0.933. The topological polar surface area (TPSA) is 108 Å². The highest BCUT2D eigenvalue weighted by atomic mass is 16.5. The number of oxazole rings is 1. The van der Waals surface area contributed by atoms with Gasteiger partial charge in [0.25, 0.3) is 5.91 Å². The second kappa shape index (κ2) is 6.87. The van der Waals surface area contributed by atoms with E-state index in [1.165, 1.54) is 16.2 Å². The van der Waals surface area contributed by atoms with Crippen LogP contribution in [0, 0.1) is 6.92 Å². The van der Waals surface area contributed by atoms with E-state index in [1.54, 1.807) is 44.3 Å². The van der Waals surface area contributed by atoms with Crippen LogP contribution in [0.4, 0.5) is 5.82 Å². The Morgan fingerprint density at radius 2 is 2.08 bits per heavy atom. The van der Waals surface area contributed by atoms with Crippen molar-refractivity contribution in [1.29, 1.82) is 0 Å². The van der Waals surface area contributed by atoms with Crippen LogP contribution in [0.25, 0.3) is 11.1 Å². The third-order valence-electron chi connectivity index (χ3n) is 3.86. The Labute approximate surface area is 148 Å². The molecule has 2 heterocycles. The molecule has 0 aliphatic rings. The fourth-order valence-electron chi connectivity index (χ4n) is 2.62. The fraction of sp³-hybridized carbons (Fsp3) is 0.294. The van der Waals surface area contributed by atoms with E-state index in [1.807, 2.05) is 0 Å². The average Bonchev–Trinajstić information content (AvgIpc) is 3.09. The van der Waals surface area contributed by atoms with Crippen molar-refractivity contribution in [2.45, 2.75) is 19.9 Å². The van der Waals surface area contributed by atoms with Gasteiger partial charge < -0.3 is 14.5 Å². The summed E-state index contributed by atoms with van der Waals surface area (Å²) in [5.74, 6) is -1.38. The van der Waals surface area contributed by atoms with E-state index < -0.39 is 30.3 Å². The predicted molar refractivity (Wildman–Crippen MR) is 92.7 cm³/mol. The molecule has 1 N–H and O–H groups in total. The van der Waals surface area contributed by atoms with Crippen LogP contribution in [0.15, 0.2) is 39.5 Å². The van der Waals surface area contributed by atoms with Crippen LogP contribution in [0.1, 0.15) is 18.7 Å². The van der Waals surface area contributed by atoms with Crippen LogP contribution in [-0.4, -0.2) is 32.8 Å². The van der Waals surface area contributed by atoms with Gasteiger partial charge in [0.2, 0.25) is 0 Å². The molecule has 1 aromatic carbocycles. The maximum Gasteiger partial charge on any atom is 0.420 e. The number of ether oxygens (including phenoxy) is 1. The molecule has 3 aromatic rings. The van der Waals surface area contributed by atoms with Gasteiger partial charge in [-0.2, -0.15) is 5.10 Å². The normalized spacial score (nSPS) is 12.1. The molecule has 0 bridgehead atoms. The number of rotatable bonds is 5. The Balaban J connectivity index is 1.66. The lowest BCUT2D eigenvalue weighted by molar-refractivity contribution is -0.150. The number of aromatic nitrogens is 3. The molecule has 26 heavy (non-hydrogen) atoms. The van der Waals surface area contributed by atoms with Gasteiger partial charge in [-0.15, -0.1) is 0 Å². The number of fused-ring (bicyclic) bond motifs is 1. The third-order valence-corrected chi connectivity index (χ3v) is 3.86. The van der Waals surface area contributed by atoms with Gasteiger partial charge in [0.15, 0.2) is 12.2 Å². The number of carbonyl (C=O) groups is 2. The Kier molecular flexibility index (Phi) is 4.61. The predicted octanol–water partition coefficient (Wildman–Crippen LogP) is 1.38. The lowest BCUT2D eigenvalue weighted by atomic mass is 10.3. The Morgan fingerprint density at radius 1 is 1.35 bits per heavy atom. The van der Waals surface area contributed by atoms with Crippen LogP contribution in [0.3, 0.4) is 0 Å². The van der Waals surface area contributed by atoms with Crippen molar-refractivity contribution >= 4 is 28.8 Å². The van der Waals surface area contributed by atoms with E-state index in [2.05, 4.69) is 10.4 Å². The van der Waals surface area contributed by atoms with Crippen molar-refractivity contribution in [3.8, 4) is 0 Å². The fourth-order valence-corrected chi connectivity index (χ4v) is 2.62. The van der Waals surface area contributed by atoms with Crippen LogP contribution in [0.2, 0.25) is 0 Å². The molecule has 0 fully saturated rings. The second-order valence-electron chi connectivity index (χ2n) is 5.83. The summed E-state index contributed by atoms with van der Waals surface area (Å²) in [5, 5.41) is 6.70. The van der Waals surface area contributed by atoms with Gasteiger partial charge in [-0.25, -0.2) is 9.59 Å². The van der Waals surface area contributed by atoms with E-state index in [0.29, 0.717) is 16.9 Å². The van der Waals surface area contributed by atoms with E-state index in [4.69, 9.17) is 9.15 Å². The largest absolute Gasteiger partial charge is 0.454 e. The molecule has 9 heteroatoms. The molecule has 0 aliphatic heterocycles. The maximum absolute atomic E-state index is 12.2. The minimum Gasteiger partial charge on any atom is -0.454 e. The van der Waals surface area contributed by atoms with Gasteiger partial charge in [-0.1, -0.05) is 12.1 Å². The highest BCUT2D eigenvalue weighted by Gasteiger charge is 2.23. The number of hydrogen-bond acceptors (Lipinski definition) is 6. The molecular weight excluding hydrogens is 340 g/mol. The van der Waals surface area contributed by atoms with Gasteiger partial charge in [-0.05, 0) is 26.0 Å². The summed E-state index contributed by atoms with van der Waals surface area (Å²) in [6, 6.07) is 7.52. The monoisotopic (exact) mass is 358 g/mol. The number of nitrogens with one attached hydrogen (secondary N) is 1. The number of nitrogens with zero attached hydrogens (tertiary/aromatic N) is 3. The average molecular weight is 358 g/mol. The van der Waals surface area contributed by atoms with Crippen LogP contribution >= 0.6 is 0 Å². The molecule has 136 valence electrons. The maximum atomic E-state index is 12.2. The van der Waals surface area contributed by atoms with Gasteiger partial charge in [-0.3, -0.25) is 14.0 Å². The minimum absolute atomic E-state index is 0.376. The lowest BCUT2D eigenvalue weighted by Gasteiger charge is -2.12. The Morgan fingerprint density at radius 3 is 2.77 bits per heavy atom. The molecule has 2 aromatic heterocycles. The highest BCUT2D eigenvalue weighted by molar-refractivity contribution is 5.92. The van der Waals surface area contributed by atoms with Crippen LogP contribution in [0.5, 0.6) is 0 Å². The molecule has 9 nitrogen and oxygen atoms in total. The zero-order valence-electron chi connectivity index (χ0n) is 14.6. The third kappa shape index (κ3) is 3.37. The van der Waals surface area contributed by atoms with Crippen LogP contribution < -0.4 is 11.1 Å². The Hall–Kier alpha value is -3.36. The number of para-hydroxylation sites is 2. The molecule has 0 spiro atoms. The zero-order valence-corrected chi connectivity index (χ0v) is 14.6. The molecule has 1 atom stereocenters. The van der Waals surface area contributed by atoms with Gasteiger partial charge in [0.1, 0.15) is 11.9 Å². The number of amides is 1. The second-order valence-corrected chi connectivity index (χ2v) is 5.83. The van der Waals surface area contributed by atoms with E-state index in [-0.39, 0.29) is 0 Å². The summed E-state index contributed by atoms with van der Waals surface area (Å²) in [7, 11) is 1.69. The Bertz CT molecular complexity index is 1030. The van der Waals surface area contributed by atoms with E-state index in [0.717, 1.165) is 5.69 Å². The first kappa shape index (κ1) is 17.5. The summed E-state index contributed by atoms with van der Waals surface area (Å²) in [4.78, 5) is 36.2. The molecule has 1 unspecified atom stereocenters. The standard InChI is InChI=1S/C17H18N4O5/c1-10-8-14(20(3)19-10)18-15(22)9-25-16(23)11(2)21-12-6-4-5-7-13(12)26-17(21)24/h4-8,11H,9H2,1-3H3,(H,18,22). The first-order valence-electron chi connectivity index (χ1n) is 7.94. The van der Waals surface area contributed by atoms with Crippen LogP contribution in [-0.2, 0) is 21.4 Å². The SMILES string of the molecule is Cc1cc(NC(=O)COC(=O)C(C)n2c(=O)oc3ccccc32)n(C)n1. The molecule has 1 amide bonds. The zero-order chi connectivity index (χ0) is 18.8. The summed E-state index contributed by atoms with van der Waals surface area (Å²) < 4.78 is 12.8. The smallest absolute Gasteiger partial charge is 0.420 e. The summed E-state index contributed by atoms with van der Waals surface area (Å²) in [6.07, 6.45) is 0. The summed E-state index contributed by atoms with van der Waals surface area (Å²) in [5.41, 5.74) is 1.61. The van der Waals surface area contributed by atoms with E-state index >= 15 is 0 Å². The van der Waals surface area contributed by atoms with Crippen molar-refractivity contribution in [2.24, 2.45) is 7.05 Å². The van der Waals surface area contributed by atoms with Crippen molar-refractivity contribution in [3.63, 3.8) is 0 Å². The molecule has 3 rings (SSSR count). The number of aryl methyl sites for hydroxylation is 2. The summed E-state index contributed by atoms with van der Waals surface area (Å²) in [6.45, 7) is 2.83. The first-order valence-corrected chi connectivity index (χ1v) is 7.94. The molecule has 0 radical (unpaired) electrons. The first-order chi connectivity index (χ1) is 12.4. The number of benzene rings is 1. The van der Waals surface area contributed by atoms with E-state index in [9.17, 15) is 14.4 Å². The number of anilines is 1. The quantitative estimate of drug-likeness (QED) is 0.690. The molecule has 0 saturated heterocycles. The number of hydrogen-bond donors (Lipinski definition) is 1. The molecular formula is C17H18N4O5. The van der Waals surface area contributed by atoms with Gasteiger partial charge in [0, 0.05) is 13.1 Å². The molecule has 0 saturated carbocycles. The highest BCUT2D eigenvalue weighted by Crippen LogP contribution is 2.17. The molecule has 0 aliphatic carbocycles.